The van der Waals surface area contributed by atoms with E-state index in [-0.39, 0.29) is 38.6 Å². The number of nitrogens with zero attached hydrogens (tertiary/aromatic N) is 6. The number of hydrogen-bond acceptors (Lipinski definition) is 12. The second-order valence-electron chi connectivity index (χ2n) is 21.7. The average Bonchev–Trinajstić information content (AvgIpc) is 3.63. The van der Waals surface area contributed by atoms with Crippen LogP contribution in [-0.4, -0.2) is 96.0 Å². The maximum absolute atomic E-state index is 12.1. The SMILES string of the molecule is COC(=O)c1ccc([C@@H]2SC[C@@H](CO[Si](C)(C)C(C)(C)C)Nc3c2c(-c2ccccn2)nn3C)c(C)c1.Cc1cc(Br)ccc1[C@@H]1SC[C@@H](CO[Si](C)(C)C(C)(C)C)Nc2c1c(-c1ccccn1)nn2C. The van der Waals surface area contributed by atoms with Crippen LogP contribution in [0.4, 0.5) is 11.6 Å². The largest absolute Gasteiger partial charge is 0.465 e. The number of fused-ring (bicyclic) bond motifs is 2. The number of pyridine rings is 2. The van der Waals surface area contributed by atoms with E-state index < -0.39 is 16.6 Å². The summed E-state index contributed by atoms with van der Waals surface area (Å²) in [6.45, 7) is 28.5. The Morgan fingerprint density at radius 1 is 0.690 bits per heavy atom. The molecular weight excluding hydrogens is 1020 g/mol. The van der Waals surface area contributed by atoms with E-state index in [1.807, 2.05) is 108 Å². The highest BCUT2D eigenvalue weighted by atomic mass is 79.9. The minimum atomic E-state index is -1.89. The van der Waals surface area contributed by atoms with Gasteiger partial charge in [0.2, 0.25) is 0 Å². The summed E-state index contributed by atoms with van der Waals surface area (Å²) in [4.78, 5) is 21.4. The van der Waals surface area contributed by atoms with Gasteiger partial charge in [-0.1, -0.05) is 81.7 Å². The fourth-order valence-electron chi connectivity index (χ4n) is 8.23. The van der Waals surface area contributed by atoms with Crippen LogP contribution in [0.5, 0.6) is 0 Å². The van der Waals surface area contributed by atoms with Crippen molar-refractivity contribution in [3.8, 4) is 22.8 Å². The van der Waals surface area contributed by atoms with E-state index in [0.29, 0.717) is 18.8 Å². The summed E-state index contributed by atoms with van der Waals surface area (Å²) >= 11 is 7.47. The van der Waals surface area contributed by atoms with Crippen molar-refractivity contribution in [1.29, 1.82) is 0 Å². The van der Waals surface area contributed by atoms with Crippen molar-refractivity contribution in [2.24, 2.45) is 14.1 Å². The van der Waals surface area contributed by atoms with E-state index in [4.69, 9.17) is 23.8 Å². The molecule has 8 rings (SSSR count). The number of benzene rings is 2. The van der Waals surface area contributed by atoms with Gasteiger partial charge in [-0.05, 0) is 121 Å². The minimum absolute atomic E-state index is 0.0118. The van der Waals surface area contributed by atoms with Gasteiger partial charge in [0, 0.05) is 53.6 Å². The lowest BCUT2D eigenvalue weighted by atomic mass is 9.96. The Kier molecular flexibility index (Phi) is 17.0. The Morgan fingerprint density at radius 2 is 1.13 bits per heavy atom. The van der Waals surface area contributed by atoms with Gasteiger partial charge in [0.15, 0.2) is 16.6 Å². The first kappa shape index (κ1) is 54.5. The number of halogens is 1. The smallest absolute Gasteiger partial charge is 0.337 e. The van der Waals surface area contributed by atoms with Crippen LogP contribution in [0.25, 0.3) is 22.8 Å². The van der Waals surface area contributed by atoms with Gasteiger partial charge >= 0.3 is 5.97 Å². The summed E-state index contributed by atoms with van der Waals surface area (Å²) in [5.41, 5.74) is 11.2. The van der Waals surface area contributed by atoms with Crippen molar-refractivity contribution >= 4 is 73.7 Å². The zero-order chi connectivity index (χ0) is 51.6. The lowest BCUT2D eigenvalue weighted by Gasteiger charge is -2.37. The fraction of sp³-hybridized carbons (Fsp3) is 0.463. The molecule has 4 aromatic heterocycles. The molecule has 4 atom stereocenters. The van der Waals surface area contributed by atoms with E-state index in [1.54, 1.807) is 6.20 Å². The lowest BCUT2D eigenvalue weighted by Crippen LogP contribution is -2.44. The number of esters is 1. The minimum Gasteiger partial charge on any atom is -0.465 e. The highest BCUT2D eigenvalue weighted by Crippen LogP contribution is 2.50. The average molecular weight is 1100 g/mol. The highest BCUT2D eigenvalue weighted by molar-refractivity contribution is 9.10. The molecule has 0 saturated heterocycles. The van der Waals surface area contributed by atoms with Gasteiger partial charge in [-0.25, -0.2) is 4.79 Å². The van der Waals surface area contributed by atoms with E-state index in [0.717, 1.165) is 67.1 Å². The topological polar surface area (TPSA) is 130 Å². The number of ether oxygens (including phenoxy) is 1. The van der Waals surface area contributed by atoms with Crippen LogP contribution < -0.4 is 10.6 Å². The van der Waals surface area contributed by atoms with Crippen molar-refractivity contribution in [3.63, 3.8) is 0 Å². The summed E-state index contributed by atoms with van der Waals surface area (Å²) in [7, 11) is 1.67. The molecule has 2 aliphatic rings. The molecular formula is C54H73BrN8O4S2Si2. The van der Waals surface area contributed by atoms with Gasteiger partial charge in [-0.15, -0.1) is 23.5 Å². The normalized spacial score (nSPS) is 18.4. The highest BCUT2D eigenvalue weighted by Gasteiger charge is 2.41. The zero-order valence-corrected chi connectivity index (χ0v) is 49.5. The Bertz CT molecular complexity index is 2810. The van der Waals surface area contributed by atoms with Crippen molar-refractivity contribution in [1.82, 2.24) is 29.5 Å². The number of aryl methyl sites for hydroxylation is 4. The molecule has 0 unspecified atom stereocenters. The number of anilines is 2. The molecule has 71 heavy (non-hydrogen) atoms. The first-order chi connectivity index (χ1) is 33.4. The lowest BCUT2D eigenvalue weighted by molar-refractivity contribution is 0.0600. The van der Waals surface area contributed by atoms with Gasteiger partial charge in [-0.3, -0.25) is 19.3 Å². The molecule has 0 spiro atoms. The summed E-state index contributed by atoms with van der Waals surface area (Å²) in [5, 5.41) is 18.0. The Hall–Kier alpha value is -4.24. The van der Waals surface area contributed by atoms with Crippen molar-refractivity contribution in [3.05, 3.63) is 129 Å². The first-order valence-electron chi connectivity index (χ1n) is 24.4. The number of rotatable bonds is 11. The van der Waals surface area contributed by atoms with Crippen molar-refractivity contribution in [2.75, 3.05) is 42.5 Å². The summed E-state index contributed by atoms with van der Waals surface area (Å²) in [6, 6.07) is 24.6. The maximum atomic E-state index is 12.1. The monoisotopic (exact) mass is 1100 g/mol. The van der Waals surface area contributed by atoms with E-state index >= 15 is 0 Å². The van der Waals surface area contributed by atoms with Crippen molar-refractivity contribution < 1.29 is 18.4 Å². The number of aromatic nitrogens is 6. The second-order valence-corrected chi connectivity index (χ2v) is 34.5. The summed E-state index contributed by atoms with van der Waals surface area (Å²) in [6.07, 6.45) is 3.64. The van der Waals surface area contributed by atoms with E-state index in [1.165, 1.54) is 23.8 Å². The molecule has 0 saturated carbocycles. The molecule has 6 heterocycles. The molecule has 2 aromatic carbocycles. The number of nitrogens with one attached hydrogen (secondary N) is 2. The molecule has 6 aromatic rings. The third-order valence-corrected chi connectivity index (χ3v) is 26.8. The zero-order valence-electron chi connectivity index (χ0n) is 44.2. The first-order valence-corrected chi connectivity index (χ1v) is 33.1. The van der Waals surface area contributed by atoms with Gasteiger partial charge in [0.05, 0.1) is 59.9 Å². The van der Waals surface area contributed by atoms with Crippen LogP contribution in [0.1, 0.15) is 95.8 Å². The van der Waals surface area contributed by atoms with Gasteiger partial charge in [0.25, 0.3) is 0 Å². The number of methoxy groups -OCH3 is 1. The fourth-order valence-corrected chi connectivity index (χ4v) is 13.7. The number of thioether (sulfide) groups is 2. The Morgan fingerprint density at radius 3 is 1.51 bits per heavy atom. The third-order valence-electron chi connectivity index (χ3n) is 14.5. The number of hydrogen-bond donors (Lipinski definition) is 2. The molecule has 0 aliphatic carbocycles. The van der Waals surface area contributed by atoms with Gasteiger partial charge in [-0.2, -0.15) is 10.2 Å². The van der Waals surface area contributed by atoms with Crippen molar-refractivity contribution in [2.45, 2.75) is 114 Å². The van der Waals surface area contributed by atoms with Crippen LogP contribution in [0.3, 0.4) is 0 Å². The van der Waals surface area contributed by atoms with Crippen LogP contribution in [0.15, 0.2) is 89.7 Å². The maximum Gasteiger partial charge on any atom is 0.337 e. The van der Waals surface area contributed by atoms with E-state index in [2.05, 4.69) is 136 Å². The number of carbonyl (C=O) groups excluding carboxylic acids is 1. The molecule has 2 N–H and O–H groups in total. The van der Waals surface area contributed by atoms with Crippen LogP contribution in [-0.2, 0) is 27.7 Å². The molecule has 0 radical (unpaired) electrons. The van der Waals surface area contributed by atoms with E-state index in [9.17, 15) is 4.79 Å². The summed E-state index contributed by atoms with van der Waals surface area (Å²) < 4.78 is 23.2. The summed E-state index contributed by atoms with van der Waals surface area (Å²) in [5.74, 6) is 3.53. The van der Waals surface area contributed by atoms with Crippen LogP contribution in [0, 0.1) is 13.8 Å². The van der Waals surface area contributed by atoms with Crippen LogP contribution >= 0.6 is 39.5 Å². The predicted molar refractivity (Wildman–Crippen MR) is 304 cm³/mol. The quantitative estimate of drug-likeness (QED) is 0.0946. The second kappa shape index (κ2) is 22.1. The molecule has 0 bridgehead atoms. The van der Waals surface area contributed by atoms with Gasteiger partial charge in [0.1, 0.15) is 23.0 Å². The molecule has 2 aliphatic heterocycles. The standard InChI is InChI=1S/C28H38N4O3SSi.C26H35BrN4OSSi/c1-18-15-19(27(33)34-6)12-13-21(18)25-23-24(22-11-9-10-14-29-22)31-32(5)26(23)30-20(17-36-25)16-35-37(7,8)28(2,3)4;1-17-14-18(27)11-12-20(17)24-22-23(21-10-8-9-13-28-21)30-31(5)25(22)29-19(16-33-24)15-32-34(6,7)26(2,3)4/h9-15,20,25,30H,16-17H2,1-8H3;8-14,19,24,29H,15-16H2,1-7H3/t20-,25+;19-,24+/m11/s1. The molecule has 0 amide bonds. The molecule has 0 fully saturated rings. The Balaban J connectivity index is 0.000000209. The molecule has 380 valence electrons. The van der Waals surface area contributed by atoms with Crippen LogP contribution in [0.2, 0.25) is 36.3 Å². The molecule has 12 nitrogen and oxygen atoms in total. The molecule has 17 heteroatoms. The Labute approximate surface area is 441 Å². The predicted octanol–water partition coefficient (Wildman–Crippen LogP) is 13.4. The number of carbonyl (C=O) groups is 1. The van der Waals surface area contributed by atoms with Gasteiger partial charge < -0.3 is 24.2 Å². The third kappa shape index (κ3) is 12.2.